The summed E-state index contributed by atoms with van der Waals surface area (Å²) in [5.74, 6) is 0. The first-order valence-corrected chi connectivity index (χ1v) is 9.26. The van der Waals surface area contributed by atoms with Gasteiger partial charge in [0.2, 0.25) is 0 Å². The van der Waals surface area contributed by atoms with Crippen molar-refractivity contribution in [2.75, 3.05) is 19.8 Å². The maximum absolute atomic E-state index is 5.49. The van der Waals surface area contributed by atoms with Crippen molar-refractivity contribution >= 4 is 0 Å². The van der Waals surface area contributed by atoms with E-state index in [0.29, 0.717) is 6.04 Å². The number of ether oxygens (including phenoxy) is 1. The largest absolute Gasteiger partial charge is 0.381 e. The Morgan fingerprint density at radius 2 is 1.88 bits per heavy atom. The highest BCUT2D eigenvalue weighted by molar-refractivity contribution is 5.59. The molecular formula is C20H27N3O. The number of rotatable bonds is 4. The molecule has 0 N–H and O–H groups in total. The van der Waals surface area contributed by atoms with E-state index in [1.54, 1.807) is 0 Å². The fourth-order valence-electron chi connectivity index (χ4n) is 4.01. The van der Waals surface area contributed by atoms with Crippen molar-refractivity contribution in [3.05, 3.63) is 42.1 Å². The van der Waals surface area contributed by atoms with Gasteiger partial charge in [-0.05, 0) is 56.3 Å². The summed E-state index contributed by atoms with van der Waals surface area (Å²) < 4.78 is 7.68. The van der Waals surface area contributed by atoms with E-state index in [-0.39, 0.29) is 0 Å². The van der Waals surface area contributed by atoms with Crippen LogP contribution in [0.4, 0.5) is 0 Å². The molecule has 2 aromatic rings. The van der Waals surface area contributed by atoms with Crippen molar-refractivity contribution in [1.29, 1.82) is 0 Å². The van der Waals surface area contributed by atoms with Crippen molar-refractivity contribution < 1.29 is 4.74 Å². The molecule has 1 atom stereocenters. The SMILES string of the molecule is CC1CCCN1Cc1ccc(-c2ccnn2C2CCOCC2)cc1. The maximum Gasteiger partial charge on any atom is 0.0685 e. The minimum atomic E-state index is 0.467. The molecule has 1 aromatic carbocycles. The Bertz CT molecular complexity index is 658. The smallest absolute Gasteiger partial charge is 0.0685 e. The van der Waals surface area contributed by atoms with Gasteiger partial charge in [0, 0.05) is 32.0 Å². The summed E-state index contributed by atoms with van der Waals surface area (Å²) in [5, 5.41) is 4.58. The lowest BCUT2D eigenvalue weighted by Crippen LogP contribution is -2.26. The van der Waals surface area contributed by atoms with Gasteiger partial charge in [-0.25, -0.2) is 0 Å². The molecule has 4 nitrogen and oxygen atoms in total. The summed E-state index contributed by atoms with van der Waals surface area (Å²) in [7, 11) is 0. The Balaban J connectivity index is 1.50. The normalized spacial score (nSPS) is 23.0. The molecular weight excluding hydrogens is 298 g/mol. The van der Waals surface area contributed by atoms with Gasteiger partial charge in [0.1, 0.15) is 0 Å². The summed E-state index contributed by atoms with van der Waals surface area (Å²) in [4.78, 5) is 2.58. The second kappa shape index (κ2) is 7.08. The molecule has 0 amide bonds. The second-order valence-corrected chi connectivity index (χ2v) is 7.16. The number of nitrogens with zero attached hydrogens (tertiary/aromatic N) is 3. The van der Waals surface area contributed by atoms with E-state index in [1.807, 2.05) is 6.20 Å². The first-order valence-electron chi connectivity index (χ1n) is 9.26. The monoisotopic (exact) mass is 325 g/mol. The van der Waals surface area contributed by atoms with Gasteiger partial charge in [-0.3, -0.25) is 9.58 Å². The van der Waals surface area contributed by atoms with Crippen LogP contribution in [0.3, 0.4) is 0 Å². The summed E-state index contributed by atoms with van der Waals surface area (Å²) in [6, 6.07) is 12.4. The Morgan fingerprint density at radius 3 is 2.58 bits per heavy atom. The molecule has 0 spiro atoms. The van der Waals surface area contributed by atoms with E-state index in [4.69, 9.17) is 4.74 Å². The van der Waals surface area contributed by atoms with Crippen LogP contribution in [0, 0.1) is 0 Å². The lowest BCUT2D eigenvalue weighted by Gasteiger charge is -2.24. The predicted octanol–water partition coefficient (Wildman–Crippen LogP) is 3.89. The summed E-state index contributed by atoms with van der Waals surface area (Å²) in [6.07, 6.45) is 6.70. The molecule has 4 heteroatoms. The molecule has 4 rings (SSSR count). The lowest BCUT2D eigenvalue weighted by atomic mass is 10.1. The second-order valence-electron chi connectivity index (χ2n) is 7.16. The van der Waals surface area contributed by atoms with Crippen LogP contribution < -0.4 is 0 Å². The van der Waals surface area contributed by atoms with Crippen LogP contribution in [-0.4, -0.2) is 40.5 Å². The highest BCUT2D eigenvalue weighted by Gasteiger charge is 2.21. The van der Waals surface area contributed by atoms with Gasteiger partial charge in [0.05, 0.1) is 11.7 Å². The first kappa shape index (κ1) is 15.9. The molecule has 1 aromatic heterocycles. The van der Waals surface area contributed by atoms with Crippen LogP contribution in [-0.2, 0) is 11.3 Å². The van der Waals surface area contributed by atoms with E-state index in [2.05, 4.69) is 51.9 Å². The van der Waals surface area contributed by atoms with Gasteiger partial charge >= 0.3 is 0 Å². The van der Waals surface area contributed by atoms with Gasteiger partial charge in [-0.1, -0.05) is 24.3 Å². The number of likely N-dealkylation sites (tertiary alicyclic amines) is 1. The fourth-order valence-corrected chi connectivity index (χ4v) is 4.01. The highest BCUT2D eigenvalue weighted by atomic mass is 16.5. The van der Waals surface area contributed by atoms with E-state index < -0.39 is 0 Å². The number of benzene rings is 1. The molecule has 24 heavy (non-hydrogen) atoms. The molecule has 2 aliphatic rings. The van der Waals surface area contributed by atoms with Crippen LogP contribution in [0.2, 0.25) is 0 Å². The molecule has 0 aliphatic carbocycles. The van der Waals surface area contributed by atoms with Crippen molar-refractivity contribution in [2.45, 2.75) is 51.2 Å². The lowest BCUT2D eigenvalue weighted by molar-refractivity contribution is 0.0667. The van der Waals surface area contributed by atoms with Crippen molar-refractivity contribution in [1.82, 2.24) is 14.7 Å². The quantitative estimate of drug-likeness (QED) is 0.854. The van der Waals surface area contributed by atoms with E-state index in [1.165, 1.54) is 36.2 Å². The zero-order valence-corrected chi connectivity index (χ0v) is 14.5. The Kier molecular flexibility index (Phi) is 4.67. The first-order chi connectivity index (χ1) is 11.8. The van der Waals surface area contributed by atoms with Gasteiger partial charge in [-0.2, -0.15) is 5.10 Å². The van der Waals surface area contributed by atoms with Crippen molar-refractivity contribution in [3.8, 4) is 11.3 Å². The molecule has 2 aliphatic heterocycles. The molecule has 128 valence electrons. The Labute approximate surface area is 144 Å². The molecule has 3 heterocycles. The van der Waals surface area contributed by atoms with E-state index >= 15 is 0 Å². The van der Waals surface area contributed by atoms with E-state index in [0.717, 1.165) is 38.6 Å². The minimum absolute atomic E-state index is 0.467. The maximum atomic E-state index is 5.49. The topological polar surface area (TPSA) is 30.3 Å². The van der Waals surface area contributed by atoms with Crippen molar-refractivity contribution in [3.63, 3.8) is 0 Å². The fraction of sp³-hybridized carbons (Fsp3) is 0.550. The molecule has 0 bridgehead atoms. The van der Waals surface area contributed by atoms with Gasteiger partial charge in [0.15, 0.2) is 0 Å². The number of hydrogen-bond acceptors (Lipinski definition) is 3. The van der Waals surface area contributed by atoms with Crippen molar-refractivity contribution in [2.24, 2.45) is 0 Å². The zero-order chi connectivity index (χ0) is 16.4. The zero-order valence-electron chi connectivity index (χ0n) is 14.5. The Hall–Kier alpha value is -1.65. The van der Waals surface area contributed by atoms with Gasteiger partial charge in [-0.15, -0.1) is 0 Å². The molecule has 0 radical (unpaired) electrons. The van der Waals surface area contributed by atoms with Crippen LogP contribution in [0.1, 0.15) is 44.2 Å². The average Bonchev–Trinajstić information content (AvgIpc) is 3.26. The predicted molar refractivity (Wildman–Crippen MR) is 95.9 cm³/mol. The molecule has 1 unspecified atom stereocenters. The number of hydrogen-bond donors (Lipinski definition) is 0. The summed E-state index contributed by atoms with van der Waals surface area (Å²) in [5.41, 5.74) is 3.89. The van der Waals surface area contributed by atoms with E-state index in [9.17, 15) is 0 Å². The molecule has 0 saturated carbocycles. The summed E-state index contributed by atoms with van der Waals surface area (Å²) >= 11 is 0. The standard InChI is InChI=1S/C20H27N3O/c1-16-3-2-12-22(16)15-17-4-6-18(7-5-17)20-8-11-21-23(20)19-9-13-24-14-10-19/h4-8,11,16,19H,2-3,9-10,12-15H2,1H3. The van der Waals surface area contributed by atoms with Gasteiger partial charge < -0.3 is 4.74 Å². The molecule has 2 fully saturated rings. The van der Waals surface area contributed by atoms with Crippen LogP contribution in [0.25, 0.3) is 11.3 Å². The average molecular weight is 325 g/mol. The van der Waals surface area contributed by atoms with Crippen LogP contribution in [0.15, 0.2) is 36.5 Å². The highest BCUT2D eigenvalue weighted by Crippen LogP contribution is 2.28. The Morgan fingerprint density at radius 1 is 1.08 bits per heavy atom. The third-order valence-electron chi connectivity index (χ3n) is 5.53. The molecule has 2 saturated heterocycles. The van der Waals surface area contributed by atoms with Crippen LogP contribution in [0.5, 0.6) is 0 Å². The third kappa shape index (κ3) is 3.26. The third-order valence-corrected chi connectivity index (χ3v) is 5.53. The minimum Gasteiger partial charge on any atom is -0.381 e. The summed E-state index contributed by atoms with van der Waals surface area (Å²) in [6.45, 7) is 6.34. The van der Waals surface area contributed by atoms with Crippen LogP contribution >= 0.6 is 0 Å². The number of aromatic nitrogens is 2. The van der Waals surface area contributed by atoms with Gasteiger partial charge in [0.25, 0.3) is 0 Å².